The highest BCUT2D eigenvalue weighted by atomic mass is 16.4. The second-order valence-electron chi connectivity index (χ2n) is 4.18. The number of hydrogen-bond donors (Lipinski definition) is 2. The molecule has 0 fully saturated rings. The lowest BCUT2D eigenvalue weighted by Crippen LogP contribution is -2.17. The molecule has 98 valence electrons. The van der Waals surface area contributed by atoms with E-state index >= 15 is 0 Å². The van der Waals surface area contributed by atoms with Crippen molar-refractivity contribution >= 4 is 5.97 Å². The molecule has 0 aliphatic heterocycles. The molecular formula is C14H15N3O2. The lowest BCUT2D eigenvalue weighted by molar-refractivity contribution is 0.0695. The van der Waals surface area contributed by atoms with Gasteiger partial charge in [-0.05, 0) is 31.2 Å². The van der Waals surface area contributed by atoms with Crippen molar-refractivity contribution in [2.75, 3.05) is 0 Å². The summed E-state index contributed by atoms with van der Waals surface area (Å²) < 4.78 is 0. The van der Waals surface area contributed by atoms with Gasteiger partial charge in [-0.15, -0.1) is 0 Å². The van der Waals surface area contributed by atoms with Gasteiger partial charge in [-0.3, -0.25) is 9.97 Å². The van der Waals surface area contributed by atoms with Crippen LogP contribution >= 0.6 is 0 Å². The van der Waals surface area contributed by atoms with E-state index in [1.165, 1.54) is 0 Å². The monoisotopic (exact) mass is 257 g/mol. The van der Waals surface area contributed by atoms with Gasteiger partial charge in [-0.1, -0.05) is 6.07 Å². The summed E-state index contributed by atoms with van der Waals surface area (Å²) in [4.78, 5) is 19.5. The molecule has 2 aromatic rings. The van der Waals surface area contributed by atoms with Gasteiger partial charge in [0.15, 0.2) is 0 Å². The summed E-state index contributed by atoms with van der Waals surface area (Å²) in [5.74, 6) is -0.960. The third-order valence-corrected chi connectivity index (χ3v) is 2.67. The largest absolute Gasteiger partial charge is 0.478 e. The van der Waals surface area contributed by atoms with Crippen molar-refractivity contribution in [2.45, 2.75) is 20.0 Å². The molecule has 0 saturated carbocycles. The highest BCUT2D eigenvalue weighted by molar-refractivity contribution is 5.88. The second-order valence-corrected chi connectivity index (χ2v) is 4.18. The fourth-order valence-corrected chi connectivity index (χ4v) is 1.78. The first-order valence-electron chi connectivity index (χ1n) is 5.97. The van der Waals surface area contributed by atoms with Crippen molar-refractivity contribution < 1.29 is 9.90 Å². The molecule has 5 nitrogen and oxygen atoms in total. The number of rotatable bonds is 5. The van der Waals surface area contributed by atoms with E-state index in [2.05, 4.69) is 15.3 Å². The zero-order valence-corrected chi connectivity index (χ0v) is 10.6. The van der Waals surface area contributed by atoms with Crippen LogP contribution in [0, 0.1) is 6.92 Å². The van der Waals surface area contributed by atoms with Crippen LogP contribution in [0.3, 0.4) is 0 Å². The van der Waals surface area contributed by atoms with E-state index in [0.717, 1.165) is 11.4 Å². The number of hydrogen-bond acceptors (Lipinski definition) is 4. The number of carboxylic acid groups (broad SMARTS) is 1. The van der Waals surface area contributed by atoms with E-state index in [1.807, 2.05) is 25.1 Å². The van der Waals surface area contributed by atoms with Gasteiger partial charge in [0.25, 0.3) is 0 Å². The van der Waals surface area contributed by atoms with Gasteiger partial charge >= 0.3 is 5.97 Å². The fraction of sp³-hybridized carbons (Fsp3) is 0.214. The molecule has 0 amide bonds. The molecule has 2 aromatic heterocycles. The number of carbonyl (C=O) groups is 1. The molecule has 0 bridgehead atoms. The Bertz CT molecular complexity index is 584. The van der Waals surface area contributed by atoms with Crippen molar-refractivity contribution in [3.8, 4) is 0 Å². The van der Waals surface area contributed by atoms with Crippen LogP contribution in [0.25, 0.3) is 0 Å². The molecule has 0 aliphatic carbocycles. The van der Waals surface area contributed by atoms with Crippen molar-refractivity contribution in [1.29, 1.82) is 0 Å². The average molecular weight is 257 g/mol. The number of pyridine rings is 2. The number of aromatic carboxylic acids is 1. The molecule has 2 rings (SSSR count). The third kappa shape index (κ3) is 3.59. The highest BCUT2D eigenvalue weighted by Crippen LogP contribution is 2.05. The van der Waals surface area contributed by atoms with E-state index < -0.39 is 5.97 Å². The SMILES string of the molecule is Cc1cccc(CNCc2ncccc2C(=O)O)n1. The standard InChI is InChI=1S/C14H15N3O2/c1-10-4-2-5-11(17-10)8-15-9-13-12(14(18)19)6-3-7-16-13/h2-7,15H,8-9H2,1H3,(H,18,19). The van der Waals surface area contributed by atoms with Crippen molar-refractivity contribution in [3.63, 3.8) is 0 Å². The Labute approximate surface area is 111 Å². The molecule has 0 unspecified atom stereocenters. The smallest absolute Gasteiger partial charge is 0.337 e. The minimum absolute atomic E-state index is 0.229. The van der Waals surface area contributed by atoms with Gasteiger partial charge < -0.3 is 10.4 Å². The van der Waals surface area contributed by atoms with Gasteiger partial charge in [0, 0.05) is 25.0 Å². The van der Waals surface area contributed by atoms with E-state index in [-0.39, 0.29) is 5.56 Å². The lowest BCUT2D eigenvalue weighted by atomic mass is 10.2. The summed E-state index contributed by atoms with van der Waals surface area (Å²) in [7, 11) is 0. The molecule has 0 radical (unpaired) electrons. The van der Waals surface area contributed by atoms with E-state index in [0.29, 0.717) is 18.8 Å². The van der Waals surface area contributed by atoms with Crippen LogP contribution in [0.4, 0.5) is 0 Å². The molecule has 19 heavy (non-hydrogen) atoms. The minimum atomic E-state index is -0.960. The van der Waals surface area contributed by atoms with Crippen LogP contribution in [-0.4, -0.2) is 21.0 Å². The number of carboxylic acids is 1. The van der Waals surface area contributed by atoms with Crippen molar-refractivity contribution in [3.05, 3.63) is 59.2 Å². The predicted octanol–water partition coefficient (Wildman–Crippen LogP) is 1.77. The first-order valence-corrected chi connectivity index (χ1v) is 5.97. The number of nitrogens with zero attached hydrogens (tertiary/aromatic N) is 2. The molecule has 0 spiro atoms. The summed E-state index contributed by atoms with van der Waals surface area (Å²) in [6, 6.07) is 8.98. The quantitative estimate of drug-likeness (QED) is 0.853. The van der Waals surface area contributed by atoms with Crippen LogP contribution in [-0.2, 0) is 13.1 Å². The van der Waals surface area contributed by atoms with Gasteiger partial charge in [0.2, 0.25) is 0 Å². The highest BCUT2D eigenvalue weighted by Gasteiger charge is 2.09. The Morgan fingerprint density at radius 3 is 2.84 bits per heavy atom. The van der Waals surface area contributed by atoms with E-state index in [4.69, 9.17) is 5.11 Å². The maximum Gasteiger partial charge on any atom is 0.337 e. The van der Waals surface area contributed by atoms with Crippen LogP contribution in [0.5, 0.6) is 0 Å². The lowest BCUT2D eigenvalue weighted by Gasteiger charge is -2.07. The number of aromatic nitrogens is 2. The zero-order valence-electron chi connectivity index (χ0n) is 10.6. The van der Waals surface area contributed by atoms with Crippen LogP contribution in [0.15, 0.2) is 36.5 Å². The average Bonchev–Trinajstić information content (AvgIpc) is 2.39. The van der Waals surface area contributed by atoms with Gasteiger partial charge in [-0.2, -0.15) is 0 Å². The van der Waals surface area contributed by atoms with Crippen LogP contribution < -0.4 is 5.32 Å². The first-order chi connectivity index (χ1) is 9.16. The maximum atomic E-state index is 11.0. The topological polar surface area (TPSA) is 75.1 Å². The third-order valence-electron chi connectivity index (χ3n) is 2.67. The summed E-state index contributed by atoms with van der Waals surface area (Å²) in [5.41, 5.74) is 2.64. The Kier molecular flexibility index (Phi) is 4.20. The molecule has 0 atom stereocenters. The summed E-state index contributed by atoms with van der Waals surface area (Å²) in [6.07, 6.45) is 1.59. The van der Waals surface area contributed by atoms with Gasteiger partial charge in [0.05, 0.1) is 17.0 Å². The summed E-state index contributed by atoms with van der Waals surface area (Å²) in [5, 5.41) is 12.2. The Balaban J connectivity index is 1.98. The minimum Gasteiger partial charge on any atom is -0.478 e. The zero-order chi connectivity index (χ0) is 13.7. The molecule has 0 aliphatic rings. The van der Waals surface area contributed by atoms with Crippen molar-refractivity contribution in [1.82, 2.24) is 15.3 Å². The maximum absolute atomic E-state index is 11.0. The Morgan fingerprint density at radius 2 is 2.11 bits per heavy atom. The summed E-state index contributed by atoms with van der Waals surface area (Å²) in [6.45, 7) is 2.92. The molecule has 2 N–H and O–H groups in total. The van der Waals surface area contributed by atoms with Gasteiger partial charge in [-0.25, -0.2) is 4.79 Å². The summed E-state index contributed by atoms with van der Waals surface area (Å²) >= 11 is 0. The van der Waals surface area contributed by atoms with Gasteiger partial charge in [0.1, 0.15) is 0 Å². The normalized spacial score (nSPS) is 10.4. The Hall–Kier alpha value is -2.27. The van der Waals surface area contributed by atoms with E-state index in [1.54, 1.807) is 18.3 Å². The fourth-order valence-electron chi connectivity index (χ4n) is 1.78. The van der Waals surface area contributed by atoms with E-state index in [9.17, 15) is 4.79 Å². The molecule has 2 heterocycles. The van der Waals surface area contributed by atoms with Crippen molar-refractivity contribution in [2.24, 2.45) is 0 Å². The first kappa shape index (κ1) is 13.2. The number of aryl methyl sites for hydroxylation is 1. The van der Waals surface area contributed by atoms with Crippen LogP contribution in [0.1, 0.15) is 27.4 Å². The molecular weight excluding hydrogens is 242 g/mol. The molecule has 5 heteroatoms. The molecule has 0 saturated heterocycles. The van der Waals surface area contributed by atoms with Crippen LogP contribution in [0.2, 0.25) is 0 Å². The molecule has 0 aromatic carbocycles. The Morgan fingerprint density at radius 1 is 1.26 bits per heavy atom. The predicted molar refractivity (Wildman–Crippen MR) is 70.7 cm³/mol. The second kappa shape index (κ2) is 6.06. The number of nitrogens with one attached hydrogen (secondary N) is 1.